The zero-order valence-corrected chi connectivity index (χ0v) is 13.3. The molecule has 0 aliphatic carbocycles. The molecule has 0 heterocycles. The Balaban J connectivity index is 3.62. The van der Waals surface area contributed by atoms with Crippen LogP contribution in [0.4, 0.5) is 0 Å². The lowest BCUT2D eigenvalue weighted by molar-refractivity contribution is -0.134. The summed E-state index contributed by atoms with van der Waals surface area (Å²) in [7, 11) is 1.36. The smallest absolute Gasteiger partial charge is 0.330 e. The summed E-state index contributed by atoms with van der Waals surface area (Å²) in [5.41, 5.74) is 0. The number of hydrogen-bond donors (Lipinski definition) is 0. The number of methoxy groups -OCH3 is 1. The maximum atomic E-state index is 10.8. The Kier molecular flexibility index (Phi) is 14.8. The molecule has 0 fully saturated rings. The van der Waals surface area contributed by atoms with E-state index in [1.165, 1.54) is 45.3 Å². The van der Waals surface area contributed by atoms with Gasteiger partial charge in [0.1, 0.15) is 0 Å². The van der Waals surface area contributed by atoms with Gasteiger partial charge in [0.05, 0.1) is 7.11 Å². The first-order valence-electron chi connectivity index (χ1n) is 7.72. The molecule has 2 heteroatoms. The molecule has 0 bridgehead atoms. The summed E-state index contributed by atoms with van der Waals surface area (Å²) in [5, 5.41) is 0. The predicted molar refractivity (Wildman–Crippen MR) is 91.1 cm³/mol. The molecule has 0 rings (SSSR count). The zero-order chi connectivity index (χ0) is 15.6. The minimum Gasteiger partial charge on any atom is -0.466 e. The molecule has 0 aliphatic heterocycles. The van der Waals surface area contributed by atoms with E-state index in [-0.39, 0.29) is 5.97 Å². The Labute approximate surface area is 129 Å². The van der Waals surface area contributed by atoms with Crippen LogP contribution in [0.15, 0.2) is 60.8 Å². The van der Waals surface area contributed by atoms with Crippen molar-refractivity contribution in [2.24, 2.45) is 0 Å². The highest BCUT2D eigenvalue weighted by atomic mass is 16.5. The SMILES string of the molecule is CCCCCCCC=CC=CC=CC=CC=CC(=O)OC. The summed E-state index contributed by atoms with van der Waals surface area (Å²) in [6, 6.07) is 0. The first-order chi connectivity index (χ1) is 10.3. The fraction of sp³-hybridized carbons (Fsp3) is 0.421. The van der Waals surface area contributed by atoms with Crippen LogP contribution in [-0.2, 0) is 9.53 Å². The van der Waals surface area contributed by atoms with Gasteiger partial charge >= 0.3 is 5.97 Å². The van der Waals surface area contributed by atoms with Crippen LogP contribution in [-0.4, -0.2) is 13.1 Å². The molecule has 2 nitrogen and oxygen atoms in total. The zero-order valence-electron chi connectivity index (χ0n) is 13.3. The van der Waals surface area contributed by atoms with E-state index in [9.17, 15) is 4.79 Å². The molecule has 21 heavy (non-hydrogen) atoms. The summed E-state index contributed by atoms with van der Waals surface area (Å²) >= 11 is 0. The molecule has 0 N–H and O–H groups in total. The summed E-state index contributed by atoms with van der Waals surface area (Å²) in [4.78, 5) is 10.8. The highest BCUT2D eigenvalue weighted by Crippen LogP contribution is 2.05. The van der Waals surface area contributed by atoms with Crippen LogP contribution in [0, 0.1) is 0 Å². The van der Waals surface area contributed by atoms with E-state index in [0.29, 0.717) is 0 Å². The van der Waals surface area contributed by atoms with Gasteiger partial charge < -0.3 is 4.74 Å². The Morgan fingerprint density at radius 3 is 2.00 bits per heavy atom. The van der Waals surface area contributed by atoms with Crippen molar-refractivity contribution in [2.75, 3.05) is 7.11 Å². The highest BCUT2D eigenvalue weighted by molar-refractivity contribution is 5.82. The average Bonchev–Trinajstić information content (AvgIpc) is 2.50. The monoisotopic (exact) mass is 288 g/mol. The minimum atomic E-state index is -0.344. The van der Waals surface area contributed by atoms with E-state index in [0.717, 1.165) is 6.42 Å². The normalized spacial score (nSPS) is 12.7. The number of esters is 1. The second kappa shape index (κ2) is 16.2. The summed E-state index contributed by atoms with van der Waals surface area (Å²) in [6.45, 7) is 2.24. The van der Waals surface area contributed by atoms with Gasteiger partial charge in [-0.15, -0.1) is 0 Å². The third-order valence-electron chi connectivity index (χ3n) is 2.82. The molecule has 0 atom stereocenters. The lowest BCUT2D eigenvalue weighted by atomic mass is 10.1. The van der Waals surface area contributed by atoms with E-state index >= 15 is 0 Å². The highest BCUT2D eigenvalue weighted by Gasteiger charge is 1.86. The fourth-order valence-corrected chi connectivity index (χ4v) is 1.63. The summed E-state index contributed by atoms with van der Waals surface area (Å²) in [6.07, 6.45) is 26.7. The molecule has 116 valence electrons. The Hall–Kier alpha value is -1.83. The molecule has 0 saturated carbocycles. The van der Waals surface area contributed by atoms with Gasteiger partial charge in [0.15, 0.2) is 0 Å². The van der Waals surface area contributed by atoms with Crippen molar-refractivity contribution in [1.82, 2.24) is 0 Å². The topological polar surface area (TPSA) is 26.3 Å². The van der Waals surface area contributed by atoms with E-state index in [4.69, 9.17) is 0 Å². The lowest BCUT2D eigenvalue weighted by Crippen LogP contribution is -1.92. The summed E-state index contributed by atoms with van der Waals surface area (Å²) < 4.78 is 4.47. The van der Waals surface area contributed by atoms with Crippen LogP contribution in [0.3, 0.4) is 0 Å². The molecule has 0 spiro atoms. The van der Waals surface area contributed by atoms with Crippen LogP contribution in [0.5, 0.6) is 0 Å². The molecular formula is C19H28O2. The van der Waals surface area contributed by atoms with Crippen molar-refractivity contribution in [3.8, 4) is 0 Å². The average molecular weight is 288 g/mol. The van der Waals surface area contributed by atoms with Gasteiger partial charge in [-0.25, -0.2) is 4.79 Å². The van der Waals surface area contributed by atoms with Gasteiger partial charge in [-0.1, -0.05) is 87.3 Å². The van der Waals surface area contributed by atoms with Crippen LogP contribution in [0.25, 0.3) is 0 Å². The fourth-order valence-electron chi connectivity index (χ4n) is 1.63. The van der Waals surface area contributed by atoms with Gasteiger partial charge in [-0.05, 0) is 12.8 Å². The van der Waals surface area contributed by atoms with Crippen molar-refractivity contribution in [3.05, 3.63) is 60.8 Å². The molecule has 0 aliphatic rings. The Bertz CT molecular complexity index is 384. The minimum absolute atomic E-state index is 0.344. The molecule has 0 amide bonds. The van der Waals surface area contributed by atoms with Gasteiger partial charge in [-0.3, -0.25) is 0 Å². The van der Waals surface area contributed by atoms with E-state index in [2.05, 4.69) is 23.8 Å². The number of allylic oxidation sites excluding steroid dienone is 9. The Morgan fingerprint density at radius 2 is 1.38 bits per heavy atom. The number of hydrogen-bond acceptors (Lipinski definition) is 2. The molecule has 0 unspecified atom stereocenters. The quantitative estimate of drug-likeness (QED) is 0.223. The Morgan fingerprint density at radius 1 is 0.810 bits per heavy atom. The van der Waals surface area contributed by atoms with Crippen molar-refractivity contribution in [1.29, 1.82) is 0 Å². The van der Waals surface area contributed by atoms with Gasteiger partial charge in [0, 0.05) is 6.08 Å². The predicted octanol–water partition coefficient (Wildman–Crippen LogP) is 5.30. The number of carbonyl (C=O) groups is 1. The molecular weight excluding hydrogens is 260 g/mol. The van der Waals surface area contributed by atoms with Crippen molar-refractivity contribution in [2.45, 2.75) is 45.4 Å². The van der Waals surface area contributed by atoms with Crippen LogP contribution in [0.1, 0.15) is 45.4 Å². The lowest BCUT2D eigenvalue weighted by Gasteiger charge is -1.95. The standard InChI is InChI=1S/C19H28O2/c1-3-4-5-6-7-8-9-10-11-12-13-14-15-16-17-18-19(20)21-2/h9-18H,3-8H2,1-2H3. The molecule has 0 aromatic rings. The van der Waals surface area contributed by atoms with Crippen molar-refractivity contribution >= 4 is 5.97 Å². The van der Waals surface area contributed by atoms with Gasteiger partial charge in [0.2, 0.25) is 0 Å². The largest absolute Gasteiger partial charge is 0.466 e. The summed E-state index contributed by atoms with van der Waals surface area (Å²) in [5.74, 6) is -0.344. The van der Waals surface area contributed by atoms with E-state index in [1.807, 2.05) is 30.4 Å². The van der Waals surface area contributed by atoms with Crippen molar-refractivity contribution in [3.63, 3.8) is 0 Å². The first kappa shape index (κ1) is 19.2. The number of unbranched alkanes of at least 4 members (excludes halogenated alkanes) is 5. The molecule has 0 saturated heterocycles. The number of ether oxygens (including phenoxy) is 1. The molecule has 0 radical (unpaired) electrons. The van der Waals surface area contributed by atoms with E-state index < -0.39 is 0 Å². The van der Waals surface area contributed by atoms with Crippen LogP contribution in [0.2, 0.25) is 0 Å². The van der Waals surface area contributed by atoms with Gasteiger partial charge in [0.25, 0.3) is 0 Å². The van der Waals surface area contributed by atoms with Crippen LogP contribution >= 0.6 is 0 Å². The number of carbonyl (C=O) groups excluding carboxylic acids is 1. The molecule has 0 aromatic heterocycles. The third-order valence-corrected chi connectivity index (χ3v) is 2.82. The maximum Gasteiger partial charge on any atom is 0.330 e. The second-order valence-electron chi connectivity index (χ2n) is 4.67. The van der Waals surface area contributed by atoms with E-state index in [1.54, 1.807) is 12.2 Å². The second-order valence-corrected chi connectivity index (χ2v) is 4.67. The third kappa shape index (κ3) is 16.1. The number of rotatable bonds is 11. The van der Waals surface area contributed by atoms with Gasteiger partial charge in [-0.2, -0.15) is 0 Å². The first-order valence-corrected chi connectivity index (χ1v) is 7.72. The van der Waals surface area contributed by atoms with Crippen LogP contribution < -0.4 is 0 Å². The van der Waals surface area contributed by atoms with Crippen molar-refractivity contribution < 1.29 is 9.53 Å². The molecule has 0 aromatic carbocycles. The maximum absolute atomic E-state index is 10.8.